The number of allylic oxidation sites excluding steroid dienone is 1. The summed E-state index contributed by atoms with van der Waals surface area (Å²) in [7, 11) is -1.89. The molecule has 0 aliphatic rings. The summed E-state index contributed by atoms with van der Waals surface area (Å²) < 4.78 is 0. The minimum Gasteiger partial charge on any atom is -0.386 e. The molecule has 0 aromatic heterocycles. The van der Waals surface area contributed by atoms with Crippen LogP contribution in [-0.2, 0) is 0 Å². The van der Waals surface area contributed by atoms with Gasteiger partial charge in [0.15, 0.2) is 0 Å². The molecule has 0 heterocycles. The summed E-state index contributed by atoms with van der Waals surface area (Å²) in [4.78, 5) is 0. The second kappa shape index (κ2) is 12.4. The van der Waals surface area contributed by atoms with E-state index < -0.39 is 27.8 Å². The fourth-order valence-electron chi connectivity index (χ4n) is 4.22. The maximum Gasteiger partial charge on any atom is 0.111 e. The number of rotatable bonds is 9. The lowest BCUT2D eigenvalue weighted by Crippen LogP contribution is -2.34. The summed E-state index contributed by atoms with van der Waals surface area (Å²) in [5, 5.41) is 28.1. The third kappa shape index (κ3) is 6.35. The average Bonchev–Trinajstić information content (AvgIpc) is 2.91. The van der Waals surface area contributed by atoms with E-state index in [2.05, 4.69) is 72.8 Å². The highest BCUT2D eigenvalue weighted by atomic mass is 31.1. The van der Waals surface area contributed by atoms with Crippen LogP contribution in [0.4, 0.5) is 0 Å². The standard InChI is InChI=1S/C31H32O2P2/c1-24(2)29(23-34(25-15-7-3-8-16-25)26-17-9-4-10-18-26)30(32)31(33)35(27-19-11-5-12-20-27)28-21-13-6-14-22-28/h3-22,30-33H,23H2,1-2H3. The van der Waals surface area contributed by atoms with Crippen LogP contribution in [0, 0.1) is 0 Å². The van der Waals surface area contributed by atoms with E-state index in [1.54, 1.807) is 0 Å². The zero-order valence-corrected chi connectivity index (χ0v) is 22.0. The molecule has 0 saturated heterocycles. The zero-order valence-electron chi connectivity index (χ0n) is 20.2. The molecule has 2 atom stereocenters. The molecule has 4 aromatic carbocycles. The lowest BCUT2D eigenvalue weighted by Gasteiger charge is -2.32. The molecule has 4 heteroatoms. The van der Waals surface area contributed by atoms with E-state index >= 15 is 0 Å². The number of benzene rings is 4. The van der Waals surface area contributed by atoms with Gasteiger partial charge >= 0.3 is 0 Å². The van der Waals surface area contributed by atoms with Crippen LogP contribution >= 0.6 is 15.8 Å². The highest BCUT2D eigenvalue weighted by Crippen LogP contribution is 2.44. The second-order valence-corrected chi connectivity index (χ2v) is 13.2. The van der Waals surface area contributed by atoms with Gasteiger partial charge in [-0.3, -0.25) is 0 Å². The molecule has 2 unspecified atom stereocenters. The van der Waals surface area contributed by atoms with Crippen LogP contribution in [0.15, 0.2) is 132 Å². The molecule has 0 fully saturated rings. The lowest BCUT2D eigenvalue weighted by atomic mass is 10.1. The van der Waals surface area contributed by atoms with Gasteiger partial charge in [0, 0.05) is 0 Å². The molecule has 2 nitrogen and oxygen atoms in total. The Bertz CT molecular complexity index is 1130. The normalized spacial score (nSPS) is 13.0. The van der Waals surface area contributed by atoms with Crippen molar-refractivity contribution in [1.29, 1.82) is 0 Å². The van der Waals surface area contributed by atoms with Crippen molar-refractivity contribution in [3.63, 3.8) is 0 Å². The average molecular weight is 499 g/mol. The fraction of sp³-hybridized carbons (Fsp3) is 0.161. The third-order valence-corrected chi connectivity index (χ3v) is 11.1. The zero-order chi connectivity index (χ0) is 24.6. The van der Waals surface area contributed by atoms with Crippen molar-refractivity contribution < 1.29 is 10.2 Å². The molecule has 0 saturated carbocycles. The molecule has 4 rings (SSSR count). The molecule has 0 aliphatic heterocycles. The molecular formula is C31H32O2P2. The van der Waals surface area contributed by atoms with Crippen molar-refractivity contribution in [2.24, 2.45) is 0 Å². The third-order valence-electron chi connectivity index (χ3n) is 6.08. The van der Waals surface area contributed by atoms with Gasteiger partial charge in [0.25, 0.3) is 0 Å². The van der Waals surface area contributed by atoms with Crippen LogP contribution in [0.3, 0.4) is 0 Å². The van der Waals surface area contributed by atoms with E-state index in [0.29, 0.717) is 6.16 Å². The summed E-state index contributed by atoms with van der Waals surface area (Å²) >= 11 is 0. The van der Waals surface area contributed by atoms with E-state index in [0.717, 1.165) is 21.8 Å². The fourth-order valence-corrected chi connectivity index (χ4v) is 9.15. The van der Waals surface area contributed by atoms with Gasteiger partial charge in [0.1, 0.15) is 11.9 Å². The van der Waals surface area contributed by atoms with Crippen molar-refractivity contribution in [3.8, 4) is 0 Å². The maximum absolute atomic E-state index is 11.7. The lowest BCUT2D eigenvalue weighted by molar-refractivity contribution is 0.0962. The molecule has 178 valence electrons. The number of hydrogen-bond donors (Lipinski definition) is 2. The van der Waals surface area contributed by atoms with Gasteiger partial charge in [-0.15, -0.1) is 0 Å². The van der Waals surface area contributed by atoms with Crippen LogP contribution in [-0.4, -0.2) is 28.3 Å². The largest absolute Gasteiger partial charge is 0.386 e. The topological polar surface area (TPSA) is 40.5 Å². The number of hydrogen-bond acceptors (Lipinski definition) is 2. The van der Waals surface area contributed by atoms with Gasteiger partial charge < -0.3 is 10.2 Å². The SMILES string of the molecule is CC(C)=C(CP(c1ccccc1)c1ccccc1)C(O)C(O)P(c1ccccc1)c1ccccc1. The van der Waals surface area contributed by atoms with Gasteiger partial charge in [-0.25, -0.2) is 0 Å². The molecular weight excluding hydrogens is 466 g/mol. The van der Waals surface area contributed by atoms with Gasteiger partial charge in [-0.1, -0.05) is 127 Å². The van der Waals surface area contributed by atoms with Gasteiger partial charge in [-0.2, -0.15) is 0 Å². The molecule has 4 aromatic rings. The number of aliphatic hydroxyl groups excluding tert-OH is 2. The van der Waals surface area contributed by atoms with Crippen LogP contribution in [0.2, 0.25) is 0 Å². The van der Waals surface area contributed by atoms with Gasteiger partial charge in [0.05, 0.1) is 0 Å². The Morgan fingerprint density at radius 1 is 0.571 bits per heavy atom. The number of aliphatic hydroxyl groups is 2. The quantitative estimate of drug-likeness (QED) is 0.244. The van der Waals surface area contributed by atoms with Crippen LogP contribution in [0.1, 0.15) is 13.8 Å². The Morgan fingerprint density at radius 3 is 1.26 bits per heavy atom. The smallest absolute Gasteiger partial charge is 0.111 e. The predicted octanol–water partition coefficient (Wildman–Crippen LogP) is 5.27. The van der Waals surface area contributed by atoms with E-state index in [-0.39, 0.29) is 0 Å². The Morgan fingerprint density at radius 2 is 0.914 bits per heavy atom. The Balaban J connectivity index is 1.70. The molecule has 0 spiro atoms. The van der Waals surface area contributed by atoms with E-state index in [4.69, 9.17) is 0 Å². The summed E-state index contributed by atoms with van der Waals surface area (Å²) in [5.74, 6) is -0.914. The van der Waals surface area contributed by atoms with E-state index in [1.807, 2.05) is 62.4 Å². The van der Waals surface area contributed by atoms with Crippen molar-refractivity contribution in [3.05, 3.63) is 132 Å². The van der Waals surface area contributed by atoms with Gasteiger partial charge in [0.2, 0.25) is 0 Å². The molecule has 0 radical (unpaired) electrons. The maximum atomic E-state index is 11.7. The van der Waals surface area contributed by atoms with Crippen molar-refractivity contribution in [2.75, 3.05) is 6.16 Å². The van der Waals surface area contributed by atoms with Crippen molar-refractivity contribution in [1.82, 2.24) is 0 Å². The Labute approximate surface area is 211 Å². The second-order valence-electron chi connectivity index (χ2n) is 8.68. The van der Waals surface area contributed by atoms with E-state index in [1.165, 1.54) is 10.6 Å². The van der Waals surface area contributed by atoms with Crippen molar-refractivity contribution >= 4 is 37.1 Å². The molecule has 0 bridgehead atoms. The Kier molecular flexibility index (Phi) is 9.02. The molecule has 35 heavy (non-hydrogen) atoms. The van der Waals surface area contributed by atoms with Crippen LogP contribution < -0.4 is 21.2 Å². The van der Waals surface area contributed by atoms with Crippen molar-refractivity contribution in [2.45, 2.75) is 25.8 Å². The minimum atomic E-state index is -1.16. The Hall–Kier alpha value is -2.60. The summed E-state index contributed by atoms with van der Waals surface area (Å²) in [5.41, 5.74) is 1.99. The molecule has 2 N–H and O–H groups in total. The highest BCUT2D eigenvalue weighted by molar-refractivity contribution is 7.73. The van der Waals surface area contributed by atoms with Crippen LogP contribution in [0.25, 0.3) is 0 Å². The monoisotopic (exact) mass is 498 g/mol. The van der Waals surface area contributed by atoms with Gasteiger partial charge in [-0.05, 0) is 62.6 Å². The first-order valence-corrected chi connectivity index (χ1v) is 14.8. The molecule has 0 amide bonds. The minimum absolute atomic E-state index is 0.705. The van der Waals surface area contributed by atoms with Crippen LogP contribution in [0.5, 0.6) is 0 Å². The summed E-state index contributed by atoms with van der Waals surface area (Å²) in [6, 6.07) is 41.2. The van der Waals surface area contributed by atoms with E-state index in [9.17, 15) is 10.2 Å². The first-order valence-electron chi connectivity index (χ1n) is 11.9. The molecule has 0 aliphatic carbocycles. The first-order chi connectivity index (χ1) is 17.1. The summed E-state index contributed by atoms with van der Waals surface area (Å²) in [6.45, 7) is 4.09. The predicted molar refractivity (Wildman–Crippen MR) is 153 cm³/mol. The highest BCUT2D eigenvalue weighted by Gasteiger charge is 2.32. The first kappa shape index (κ1) is 25.5. The summed E-state index contributed by atoms with van der Waals surface area (Å²) in [6.07, 6.45) is -0.250.